The van der Waals surface area contributed by atoms with Gasteiger partial charge in [-0.25, -0.2) is 4.98 Å². The van der Waals surface area contributed by atoms with E-state index >= 15 is 0 Å². The molecule has 0 radical (unpaired) electrons. The van der Waals surface area contributed by atoms with E-state index in [1.807, 2.05) is 5.38 Å². The molecule has 1 amide bonds. The average Bonchev–Trinajstić information content (AvgIpc) is 3.21. The zero-order chi connectivity index (χ0) is 15.8. The van der Waals surface area contributed by atoms with Gasteiger partial charge >= 0.3 is 5.97 Å². The van der Waals surface area contributed by atoms with Crippen molar-refractivity contribution < 1.29 is 19.1 Å². The Kier molecular flexibility index (Phi) is 6.54. The lowest BCUT2D eigenvalue weighted by molar-refractivity contribution is -0.141. The minimum absolute atomic E-state index is 0.0502. The second-order valence-corrected chi connectivity index (χ2v) is 5.71. The first-order chi connectivity index (χ1) is 10.7. The fraction of sp³-hybridized carbons (Fsp3) is 0.533. The van der Waals surface area contributed by atoms with Crippen LogP contribution in [-0.4, -0.2) is 54.7 Å². The van der Waals surface area contributed by atoms with E-state index in [4.69, 9.17) is 4.74 Å². The number of carbonyl (C=O) groups is 2. The molecule has 1 aliphatic rings. The smallest absolute Gasteiger partial charge is 0.307 e. The van der Waals surface area contributed by atoms with Crippen molar-refractivity contribution in [1.82, 2.24) is 9.88 Å². The van der Waals surface area contributed by atoms with E-state index in [9.17, 15) is 9.59 Å². The summed E-state index contributed by atoms with van der Waals surface area (Å²) in [6, 6.07) is 0. The van der Waals surface area contributed by atoms with Crippen LogP contribution in [0.3, 0.4) is 0 Å². The molecule has 7 heteroatoms. The SMILES string of the molecule is COC(=O)CCN(CC1CCCO1)C(=O)/C=C/c1cscn1. The molecule has 1 aromatic heterocycles. The lowest BCUT2D eigenvalue weighted by Crippen LogP contribution is -2.37. The third-order valence-electron chi connectivity index (χ3n) is 3.42. The molecule has 2 heterocycles. The van der Waals surface area contributed by atoms with Crippen LogP contribution >= 0.6 is 11.3 Å². The molecule has 0 saturated carbocycles. The van der Waals surface area contributed by atoms with E-state index in [-0.39, 0.29) is 24.4 Å². The van der Waals surface area contributed by atoms with Gasteiger partial charge in [0, 0.05) is 31.2 Å². The van der Waals surface area contributed by atoms with Gasteiger partial charge < -0.3 is 14.4 Å². The van der Waals surface area contributed by atoms with Gasteiger partial charge in [0.15, 0.2) is 0 Å². The van der Waals surface area contributed by atoms with Gasteiger partial charge in [-0.2, -0.15) is 0 Å². The van der Waals surface area contributed by atoms with Crippen molar-refractivity contribution in [3.63, 3.8) is 0 Å². The van der Waals surface area contributed by atoms with Gasteiger partial charge in [-0.1, -0.05) is 0 Å². The molecule has 22 heavy (non-hydrogen) atoms. The number of carbonyl (C=O) groups excluding carboxylic acids is 2. The molecule has 1 unspecified atom stereocenters. The summed E-state index contributed by atoms with van der Waals surface area (Å²) in [5.74, 6) is -0.471. The fourth-order valence-electron chi connectivity index (χ4n) is 2.22. The molecular formula is C15H20N2O4S. The summed E-state index contributed by atoms with van der Waals surface area (Å²) in [6.45, 7) is 1.56. The number of aromatic nitrogens is 1. The number of hydrogen-bond donors (Lipinski definition) is 0. The maximum atomic E-state index is 12.3. The van der Waals surface area contributed by atoms with E-state index in [0.29, 0.717) is 13.1 Å². The summed E-state index contributed by atoms with van der Waals surface area (Å²) >= 11 is 1.47. The van der Waals surface area contributed by atoms with Gasteiger partial charge in [0.25, 0.3) is 0 Å². The Hall–Kier alpha value is -1.73. The van der Waals surface area contributed by atoms with Gasteiger partial charge in [-0.3, -0.25) is 9.59 Å². The molecule has 120 valence electrons. The number of rotatable bonds is 7. The molecule has 1 aromatic rings. The Bertz CT molecular complexity index is 510. The first-order valence-electron chi connectivity index (χ1n) is 7.22. The van der Waals surface area contributed by atoms with E-state index < -0.39 is 0 Å². The van der Waals surface area contributed by atoms with Crippen molar-refractivity contribution in [2.24, 2.45) is 0 Å². The minimum Gasteiger partial charge on any atom is -0.469 e. The van der Waals surface area contributed by atoms with Crippen LogP contribution < -0.4 is 0 Å². The van der Waals surface area contributed by atoms with Crippen molar-refractivity contribution in [1.29, 1.82) is 0 Å². The molecule has 1 atom stereocenters. The van der Waals surface area contributed by atoms with Gasteiger partial charge in [0.1, 0.15) is 0 Å². The monoisotopic (exact) mass is 324 g/mol. The zero-order valence-corrected chi connectivity index (χ0v) is 13.4. The number of nitrogens with zero attached hydrogens (tertiary/aromatic N) is 2. The van der Waals surface area contributed by atoms with Crippen LogP contribution in [0.15, 0.2) is 17.0 Å². The Morgan fingerprint density at radius 3 is 3.09 bits per heavy atom. The molecule has 2 rings (SSSR count). The van der Waals surface area contributed by atoms with Crippen molar-refractivity contribution >= 4 is 29.3 Å². The standard InChI is InChI=1S/C15H20N2O4S/c1-20-15(19)6-7-17(9-13-3-2-8-21-13)14(18)5-4-12-10-22-11-16-12/h4-5,10-11,13H,2-3,6-9H2,1H3/b5-4+. The summed E-state index contributed by atoms with van der Waals surface area (Å²) in [6.07, 6.45) is 5.35. The lowest BCUT2D eigenvalue weighted by Gasteiger charge is -2.23. The number of amides is 1. The molecular weight excluding hydrogens is 304 g/mol. The predicted octanol–water partition coefficient (Wildman–Crippen LogP) is 1.73. The molecule has 0 bridgehead atoms. The van der Waals surface area contributed by atoms with Gasteiger partial charge in [-0.15, -0.1) is 11.3 Å². The lowest BCUT2D eigenvalue weighted by atomic mass is 10.2. The largest absolute Gasteiger partial charge is 0.469 e. The van der Waals surface area contributed by atoms with Gasteiger partial charge in [-0.05, 0) is 18.9 Å². The van der Waals surface area contributed by atoms with Crippen LogP contribution in [0, 0.1) is 0 Å². The van der Waals surface area contributed by atoms with Gasteiger partial charge in [0.05, 0.1) is 30.8 Å². The summed E-state index contributed by atoms with van der Waals surface area (Å²) in [4.78, 5) is 29.4. The highest BCUT2D eigenvalue weighted by Crippen LogP contribution is 2.14. The Balaban J connectivity index is 1.94. The number of thiazole rings is 1. The number of esters is 1. The molecule has 1 fully saturated rings. The third-order valence-corrected chi connectivity index (χ3v) is 4.03. The van der Waals surface area contributed by atoms with Crippen LogP contribution in [0.2, 0.25) is 0 Å². The summed E-state index contributed by atoms with van der Waals surface area (Å²) in [5, 5.41) is 1.86. The number of ether oxygens (including phenoxy) is 2. The number of hydrogen-bond acceptors (Lipinski definition) is 6. The minimum atomic E-state index is -0.325. The Morgan fingerprint density at radius 1 is 1.59 bits per heavy atom. The maximum Gasteiger partial charge on any atom is 0.307 e. The summed E-state index contributed by atoms with van der Waals surface area (Å²) in [5.41, 5.74) is 2.47. The highest BCUT2D eigenvalue weighted by atomic mass is 32.1. The van der Waals surface area contributed by atoms with Crippen molar-refractivity contribution in [3.05, 3.63) is 22.7 Å². The molecule has 1 aliphatic heterocycles. The molecule has 6 nitrogen and oxygen atoms in total. The quantitative estimate of drug-likeness (QED) is 0.564. The highest BCUT2D eigenvalue weighted by Gasteiger charge is 2.22. The van der Waals surface area contributed by atoms with Crippen LogP contribution in [0.5, 0.6) is 0 Å². The Labute approximate surface area is 133 Å². The molecule has 0 aromatic carbocycles. The number of methoxy groups -OCH3 is 1. The molecule has 0 N–H and O–H groups in total. The molecule has 0 spiro atoms. The normalized spacial score (nSPS) is 17.8. The first-order valence-corrected chi connectivity index (χ1v) is 8.17. The molecule has 0 aliphatic carbocycles. The highest BCUT2D eigenvalue weighted by molar-refractivity contribution is 7.07. The predicted molar refractivity (Wildman–Crippen MR) is 83.3 cm³/mol. The van der Waals surface area contributed by atoms with Crippen molar-refractivity contribution in [2.45, 2.75) is 25.4 Å². The fourth-order valence-corrected chi connectivity index (χ4v) is 2.74. The van der Waals surface area contributed by atoms with E-state index in [0.717, 1.165) is 25.1 Å². The van der Waals surface area contributed by atoms with Crippen molar-refractivity contribution in [3.8, 4) is 0 Å². The average molecular weight is 324 g/mol. The second-order valence-electron chi connectivity index (χ2n) is 4.99. The summed E-state index contributed by atoms with van der Waals surface area (Å²) < 4.78 is 10.2. The van der Waals surface area contributed by atoms with Crippen LogP contribution in [0.25, 0.3) is 6.08 Å². The second kappa shape index (κ2) is 8.65. The van der Waals surface area contributed by atoms with E-state index in [1.54, 1.807) is 16.5 Å². The van der Waals surface area contributed by atoms with Gasteiger partial charge in [0.2, 0.25) is 5.91 Å². The van der Waals surface area contributed by atoms with E-state index in [1.165, 1.54) is 24.5 Å². The van der Waals surface area contributed by atoms with Crippen LogP contribution in [0.4, 0.5) is 0 Å². The van der Waals surface area contributed by atoms with Crippen molar-refractivity contribution in [2.75, 3.05) is 26.8 Å². The zero-order valence-electron chi connectivity index (χ0n) is 12.6. The van der Waals surface area contributed by atoms with E-state index in [2.05, 4.69) is 9.72 Å². The Morgan fingerprint density at radius 2 is 2.45 bits per heavy atom. The third kappa shape index (κ3) is 5.23. The topological polar surface area (TPSA) is 68.7 Å². The van der Waals surface area contributed by atoms with Crippen LogP contribution in [0.1, 0.15) is 25.0 Å². The summed E-state index contributed by atoms with van der Waals surface area (Å²) in [7, 11) is 1.34. The van der Waals surface area contributed by atoms with Crippen LogP contribution in [-0.2, 0) is 19.1 Å². The maximum absolute atomic E-state index is 12.3. The first kappa shape index (κ1) is 16.6. The molecule has 1 saturated heterocycles.